The molecule has 0 N–H and O–H groups in total. The van der Waals surface area contributed by atoms with Crippen molar-refractivity contribution >= 4 is 54.5 Å². The van der Waals surface area contributed by atoms with Crippen molar-refractivity contribution in [2.45, 2.75) is 0 Å². The Balaban J connectivity index is 1.26. The molecule has 0 saturated heterocycles. The maximum Gasteiger partial charge on any atom is 0.235 e. The highest BCUT2D eigenvalue weighted by Gasteiger charge is 2.17. The third-order valence-corrected chi connectivity index (χ3v) is 8.59. The Bertz CT molecular complexity index is 2620. The van der Waals surface area contributed by atoms with E-state index in [0.29, 0.717) is 11.5 Å². The van der Waals surface area contributed by atoms with Crippen molar-refractivity contribution in [3.8, 4) is 28.8 Å². The van der Waals surface area contributed by atoms with E-state index in [1.807, 2.05) is 24.4 Å². The summed E-state index contributed by atoms with van der Waals surface area (Å²) < 4.78 is 4.47. The number of hydrogen-bond donors (Lipinski definition) is 0. The lowest BCUT2D eigenvalue weighted by atomic mass is 10.0. The van der Waals surface area contributed by atoms with E-state index in [1.165, 1.54) is 21.8 Å². The van der Waals surface area contributed by atoms with Gasteiger partial charge < -0.3 is 4.57 Å². The maximum atomic E-state index is 9.42. The van der Waals surface area contributed by atoms with E-state index in [9.17, 15) is 5.26 Å². The molecule has 0 aliphatic carbocycles. The zero-order valence-corrected chi connectivity index (χ0v) is 23.5. The SMILES string of the molecule is N#Cc1ccc2cnc(-n3c4ccccc4c4cc(-c5ccc6c7ccccc7n(-c7ccccc7)c6c5)ccc43)nc2c1. The van der Waals surface area contributed by atoms with Crippen molar-refractivity contribution in [1.29, 1.82) is 5.26 Å². The first-order chi connectivity index (χ1) is 21.8. The summed E-state index contributed by atoms with van der Waals surface area (Å²) >= 11 is 0. The number of rotatable bonds is 3. The molecule has 6 aromatic carbocycles. The molecule has 204 valence electrons. The summed E-state index contributed by atoms with van der Waals surface area (Å²) in [7, 11) is 0. The molecular weight excluding hydrogens is 538 g/mol. The average molecular weight is 562 g/mol. The Morgan fingerprint density at radius 3 is 2.00 bits per heavy atom. The summed E-state index contributed by atoms with van der Waals surface area (Å²) in [6, 6.07) is 48.7. The smallest absolute Gasteiger partial charge is 0.235 e. The van der Waals surface area contributed by atoms with E-state index >= 15 is 0 Å². The number of aromatic nitrogens is 4. The third kappa shape index (κ3) is 3.58. The summed E-state index contributed by atoms with van der Waals surface area (Å²) in [4.78, 5) is 9.64. The van der Waals surface area contributed by atoms with Gasteiger partial charge in [0, 0.05) is 38.8 Å². The van der Waals surface area contributed by atoms with Crippen LogP contribution in [0.3, 0.4) is 0 Å². The van der Waals surface area contributed by atoms with Gasteiger partial charge in [-0.3, -0.25) is 4.57 Å². The van der Waals surface area contributed by atoms with Crippen LogP contribution in [0.2, 0.25) is 0 Å². The van der Waals surface area contributed by atoms with Gasteiger partial charge >= 0.3 is 0 Å². The normalized spacial score (nSPS) is 11.6. The lowest BCUT2D eigenvalue weighted by Crippen LogP contribution is -2.01. The van der Waals surface area contributed by atoms with Gasteiger partial charge in [-0.1, -0.05) is 72.8 Å². The van der Waals surface area contributed by atoms with E-state index in [2.05, 4.69) is 124 Å². The fourth-order valence-corrected chi connectivity index (χ4v) is 6.56. The average Bonchev–Trinajstić information content (AvgIpc) is 3.60. The molecule has 0 bridgehead atoms. The summed E-state index contributed by atoms with van der Waals surface area (Å²) in [6.45, 7) is 0. The molecule has 0 aliphatic heterocycles. The molecule has 0 spiro atoms. The highest BCUT2D eigenvalue weighted by Crippen LogP contribution is 2.37. The lowest BCUT2D eigenvalue weighted by Gasteiger charge is -2.09. The van der Waals surface area contributed by atoms with Crippen molar-refractivity contribution in [2.24, 2.45) is 0 Å². The van der Waals surface area contributed by atoms with Crippen molar-refractivity contribution in [3.05, 3.63) is 145 Å². The number of fused-ring (bicyclic) bond motifs is 7. The van der Waals surface area contributed by atoms with E-state index in [-0.39, 0.29) is 0 Å². The first kappa shape index (κ1) is 24.4. The molecular formula is C39H23N5. The highest BCUT2D eigenvalue weighted by atomic mass is 15.2. The van der Waals surface area contributed by atoms with E-state index in [0.717, 1.165) is 49.5 Å². The summed E-state index contributed by atoms with van der Waals surface area (Å²) in [5, 5.41) is 15.1. The molecule has 0 unspecified atom stereocenters. The minimum atomic E-state index is 0.581. The maximum absolute atomic E-state index is 9.42. The monoisotopic (exact) mass is 561 g/mol. The molecule has 3 aromatic heterocycles. The van der Waals surface area contributed by atoms with Gasteiger partial charge in [0.25, 0.3) is 0 Å². The molecule has 9 rings (SSSR count). The number of benzene rings is 6. The van der Waals surface area contributed by atoms with Crippen LogP contribution in [0.1, 0.15) is 5.56 Å². The van der Waals surface area contributed by atoms with Crippen LogP contribution >= 0.6 is 0 Å². The Hall–Kier alpha value is -6.25. The topological polar surface area (TPSA) is 59.4 Å². The van der Waals surface area contributed by atoms with Crippen LogP contribution < -0.4 is 0 Å². The molecule has 0 aliphatic rings. The Morgan fingerprint density at radius 1 is 0.523 bits per heavy atom. The fourth-order valence-electron chi connectivity index (χ4n) is 6.56. The van der Waals surface area contributed by atoms with Gasteiger partial charge in [-0.05, 0) is 71.8 Å². The predicted octanol–water partition coefficient (Wildman–Crippen LogP) is 9.36. The van der Waals surface area contributed by atoms with Crippen LogP contribution in [0.4, 0.5) is 0 Å². The van der Waals surface area contributed by atoms with Crippen molar-refractivity contribution < 1.29 is 0 Å². The van der Waals surface area contributed by atoms with Crippen molar-refractivity contribution in [3.63, 3.8) is 0 Å². The summed E-state index contributed by atoms with van der Waals surface area (Å²) in [5.74, 6) is 0.584. The van der Waals surface area contributed by atoms with Crippen LogP contribution in [0.25, 0.3) is 77.3 Å². The Labute approximate surface area is 252 Å². The molecule has 0 saturated carbocycles. The molecule has 0 radical (unpaired) electrons. The second-order valence-corrected chi connectivity index (χ2v) is 11.1. The Morgan fingerprint density at radius 2 is 1.18 bits per heavy atom. The van der Waals surface area contributed by atoms with Gasteiger partial charge in [-0.15, -0.1) is 0 Å². The molecule has 0 atom stereocenters. The largest absolute Gasteiger partial charge is 0.309 e. The second kappa shape index (κ2) is 9.38. The minimum absolute atomic E-state index is 0.581. The minimum Gasteiger partial charge on any atom is -0.309 e. The number of nitrogens with zero attached hydrogens (tertiary/aromatic N) is 5. The fraction of sp³-hybridized carbons (Fsp3) is 0. The number of nitriles is 1. The molecule has 44 heavy (non-hydrogen) atoms. The second-order valence-electron chi connectivity index (χ2n) is 11.1. The third-order valence-electron chi connectivity index (χ3n) is 8.59. The zero-order chi connectivity index (χ0) is 29.2. The van der Waals surface area contributed by atoms with Gasteiger partial charge in [-0.2, -0.15) is 5.26 Å². The quantitative estimate of drug-likeness (QED) is 0.216. The van der Waals surface area contributed by atoms with Gasteiger partial charge in [0.15, 0.2) is 0 Å². The van der Waals surface area contributed by atoms with Crippen LogP contribution in [0, 0.1) is 11.3 Å². The van der Waals surface area contributed by atoms with Gasteiger partial charge in [0.1, 0.15) is 0 Å². The first-order valence-corrected chi connectivity index (χ1v) is 14.6. The molecule has 5 heteroatoms. The molecule has 0 amide bonds. The van der Waals surface area contributed by atoms with Gasteiger partial charge in [0.05, 0.1) is 39.2 Å². The number of para-hydroxylation sites is 3. The standard InChI is InChI=1S/C39H23N5/c40-23-25-14-15-28-24-41-39(42-34(28)20-25)44-36-13-7-5-11-31(36)33-21-26(17-19-37(33)44)27-16-18-32-30-10-4-6-12-35(30)43(38(32)22-27)29-8-2-1-3-9-29/h1-22,24H. The predicted molar refractivity (Wildman–Crippen MR) is 178 cm³/mol. The van der Waals surface area contributed by atoms with E-state index < -0.39 is 0 Å². The van der Waals surface area contributed by atoms with Crippen LogP contribution in [0.15, 0.2) is 140 Å². The zero-order valence-electron chi connectivity index (χ0n) is 23.5. The van der Waals surface area contributed by atoms with Crippen molar-refractivity contribution in [1.82, 2.24) is 19.1 Å². The first-order valence-electron chi connectivity index (χ1n) is 14.6. The number of hydrogen-bond acceptors (Lipinski definition) is 3. The lowest BCUT2D eigenvalue weighted by molar-refractivity contribution is 1.01. The van der Waals surface area contributed by atoms with E-state index in [1.54, 1.807) is 6.07 Å². The van der Waals surface area contributed by atoms with Crippen LogP contribution in [-0.4, -0.2) is 19.1 Å². The molecule has 0 fully saturated rings. The van der Waals surface area contributed by atoms with Crippen LogP contribution in [-0.2, 0) is 0 Å². The summed E-state index contributed by atoms with van der Waals surface area (Å²) in [5.41, 5.74) is 9.22. The van der Waals surface area contributed by atoms with E-state index in [4.69, 9.17) is 9.97 Å². The van der Waals surface area contributed by atoms with Crippen LogP contribution in [0.5, 0.6) is 0 Å². The molecule has 5 nitrogen and oxygen atoms in total. The Kier molecular flexibility index (Phi) is 5.19. The van der Waals surface area contributed by atoms with Gasteiger partial charge in [-0.25, -0.2) is 9.97 Å². The highest BCUT2D eigenvalue weighted by molar-refractivity contribution is 6.12. The summed E-state index contributed by atoms with van der Waals surface area (Å²) in [6.07, 6.45) is 1.83. The molecule has 9 aromatic rings. The van der Waals surface area contributed by atoms with Crippen molar-refractivity contribution in [2.75, 3.05) is 0 Å². The molecule has 3 heterocycles. The van der Waals surface area contributed by atoms with Gasteiger partial charge in [0.2, 0.25) is 5.95 Å².